The molecule has 1 saturated heterocycles. The Labute approximate surface area is 227 Å². The van der Waals surface area contributed by atoms with Crippen LogP contribution in [0.4, 0.5) is 23.8 Å². The zero-order valence-corrected chi connectivity index (χ0v) is 22.2. The third-order valence-corrected chi connectivity index (χ3v) is 6.14. The molecular weight excluding hydrogens is 529 g/mol. The summed E-state index contributed by atoms with van der Waals surface area (Å²) in [4.78, 5) is 25.1. The fourth-order valence-corrected chi connectivity index (χ4v) is 4.42. The number of rotatable bonds is 4. The number of ether oxygens (including phenoxy) is 1. The van der Waals surface area contributed by atoms with Gasteiger partial charge in [0.15, 0.2) is 5.82 Å². The van der Waals surface area contributed by atoms with Crippen LogP contribution in [0, 0.1) is 0 Å². The molecule has 1 atom stereocenters. The van der Waals surface area contributed by atoms with Gasteiger partial charge >= 0.3 is 12.3 Å². The molecule has 0 aliphatic carbocycles. The van der Waals surface area contributed by atoms with E-state index < -0.39 is 30.5 Å². The average Bonchev–Trinajstić information content (AvgIpc) is 3.44. The Morgan fingerprint density at radius 3 is 2.60 bits per heavy atom. The highest BCUT2D eigenvalue weighted by Gasteiger charge is 2.29. The van der Waals surface area contributed by atoms with Crippen molar-refractivity contribution in [1.29, 1.82) is 0 Å². The number of β-amino-alcohol motifs (C(OH)–C–C–N with tert-alkyl or cyclic N) is 1. The van der Waals surface area contributed by atoms with Crippen molar-refractivity contribution in [2.75, 3.05) is 31.1 Å². The number of hydrogen-bond donors (Lipinski definition) is 1. The Kier molecular flexibility index (Phi) is 7.12. The summed E-state index contributed by atoms with van der Waals surface area (Å²) in [5.41, 5.74) is 0.894. The predicted molar refractivity (Wildman–Crippen MR) is 140 cm³/mol. The van der Waals surface area contributed by atoms with Gasteiger partial charge in [-0.2, -0.15) is 23.4 Å². The molecule has 1 unspecified atom stereocenters. The molecule has 0 bridgehead atoms. The highest BCUT2D eigenvalue weighted by molar-refractivity contribution is 5.83. The fraction of sp³-hybridized carbons (Fsp3) is 0.423. The number of halogens is 3. The molecule has 0 spiro atoms. The lowest BCUT2D eigenvalue weighted by atomic mass is 10.2. The maximum Gasteiger partial charge on any atom is 0.410 e. The molecule has 5 heterocycles. The number of aliphatic hydroxyl groups is 1. The lowest BCUT2D eigenvalue weighted by molar-refractivity contribution is -0.142. The van der Waals surface area contributed by atoms with Crippen molar-refractivity contribution in [2.45, 2.75) is 45.2 Å². The summed E-state index contributed by atoms with van der Waals surface area (Å²) in [6.07, 6.45) is 0.187. The molecule has 4 aromatic rings. The minimum atomic E-state index is -4.38. The van der Waals surface area contributed by atoms with Gasteiger partial charge in [0.2, 0.25) is 0 Å². The van der Waals surface area contributed by atoms with Crippen LogP contribution < -0.4 is 4.90 Å². The number of aliphatic hydroxyl groups excluding tert-OH is 1. The number of carbonyl (C=O) groups excluding carboxylic acids is 1. The zero-order valence-electron chi connectivity index (χ0n) is 22.2. The first-order chi connectivity index (χ1) is 18.8. The average molecular weight is 559 g/mol. The molecular formula is C26H29F3N8O3. The Morgan fingerprint density at radius 1 is 1.07 bits per heavy atom. The highest BCUT2D eigenvalue weighted by atomic mass is 19.4. The van der Waals surface area contributed by atoms with E-state index in [2.05, 4.69) is 15.2 Å². The second kappa shape index (κ2) is 10.4. The normalized spacial score (nSPS) is 16.8. The summed E-state index contributed by atoms with van der Waals surface area (Å²) in [6, 6.07) is 7.13. The van der Waals surface area contributed by atoms with Crippen LogP contribution in [0.3, 0.4) is 0 Å². The van der Waals surface area contributed by atoms with E-state index in [1.54, 1.807) is 50.0 Å². The fourth-order valence-electron chi connectivity index (χ4n) is 4.42. The quantitative estimate of drug-likeness (QED) is 0.404. The number of nitrogens with zero attached hydrogens (tertiary/aromatic N) is 8. The van der Waals surface area contributed by atoms with Crippen molar-refractivity contribution in [3.8, 4) is 17.1 Å². The van der Waals surface area contributed by atoms with Gasteiger partial charge < -0.3 is 19.6 Å². The predicted octanol–water partition coefficient (Wildman–Crippen LogP) is 3.66. The van der Waals surface area contributed by atoms with Crippen LogP contribution in [0.1, 0.15) is 20.8 Å². The molecule has 11 nitrogen and oxygen atoms in total. The van der Waals surface area contributed by atoms with E-state index in [1.165, 1.54) is 17.3 Å². The summed E-state index contributed by atoms with van der Waals surface area (Å²) in [7, 11) is 0. The highest BCUT2D eigenvalue weighted by Crippen LogP contribution is 2.26. The smallest absolute Gasteiger partial charge is 0.410 e. The molecule has 0 aromatic carbocycles. The molecule has 1 amide bonds. The number of aromatic nitrogens is 6. The van der Waals surface area contributed by atoms with E-state index in [-0.39, 0.29) is 13.1 Å². The number of pyridine rings is 2. The number of hydrogen-bond acceptors (Lipinski definition) is 8. The van der Waals surface area contributed by atoms with Crippen LogP contribution in [0.2, 0.25) is 0 Å². The molecule has 1 aliphatic heterocycles. The van der Waals surface area contributed by atoms with Crippen LogP contribution in [-0.4, -0.2) is 89.7 Å². The van der Waals surface area contributed by atoms with E-state index in [0.29, 0.717) is 41.5 Å². The summed E-state index contributed by atoms with van der Waals surface area (Å²) in [5, 5.41) is 19.6. The van der Waals surface area contributed by atoms with Crippen LogP contribution in [0.15, 0.2) is 49.1 Å². The zero-order chi connectivity index (χ0) is 28.7. The largest absolute Gasteiger partial charge is 0.444 e. The van der Waals surface area contributed by atoms with E-state index >= 15 is 0 Å². The maximum absolute atomic E-state index is 12.7. The maximum atomic E-state index is 12.7. The topological polar surface area (TPSA) is 114 Å². The molecule has 1 fully saturated rings. The van der Waals surface area contributed by atoms with Gasteiger partial charge in [-0.15, -0.1) is 0 Å². The van der Waals surface area contributed by atoms with Gasteiger partial charge in [-0.1, -0.05) is 6.07 Å². The number of anilines is 1. The number of alkyl halides is 3. The van der Waals surface area contributed by atoms with Gasteiger partial charge in [-0.3, -0.25) is 9.67 Å². The monoisotopic (exact) mass is 558 g/mol. The van der Waals surface area contributed by atoms with Gasteiger partial charge in [-0.25, -0.2) is 14.5 Å². The second-order valence-electron chi connectivity index (χ2n) is 10.6. The lowest BCUT2D eigenvalue weighted by Crippen LogP contribution is -2.41. The summed E-state index contributed by atoms with van der Waals surface area (Å²) in [6.45, 7) is 5.38. The van der Waals surface area contributed by atoms with Crippen molar-refractivity contribution in [3.05, 3.63) is 49.1 Å². The molecule has 40 heavy (non-hydrogen) atoms. The molecule has 1 N–H and O–H groups in total. The molecule has 4 aromatic heterocycles. The van der Waals surface area contributed by atoms with Gasteiger partial charge in [0.05, 0.1) is 36.3 Å². The van der Waals surface area contributed by atoms with Gasteiger partial charge in [-0.05, 0) is 39.0 Å². The van der Waals surface area contributed by atoms with Gasteiger partial charge in [0.1, 0.15) is 18.0 Å². The van der Waals surface area contributed by atoms with Gasteiger partial charge in [0, 0.05) is 43.0 Å². The van der Waals surface area contributed by atoms with Crippen molar-refractivity contribution in [2.24, 2.45) is 0 Å². The van der Waals surface area contributed by atoms with E-state index in [9.17, 15) is 23.1 Å². The molecule has 212 valence electrons. The molecule has 14 heteroatoms. The SMILES string of the molecule is CC(C)(C)OC(=O)N1CCN(c2cccc(-n3ncc4cnc(-c5cnn(CC(F)(F)F)c5)cc43)n2)CC(O)C1. The van der Waals surface area contributed by atoms with E-state index in [1.807, 2.05) is 17.0 Å². The molecule has 0 radical (unpaired) electrons. The number of amides is 1. The molecule has 5 rings (SSSR count). The Hall–Kier alpha value is -4.20. The summed E-state index contributed by atoms with van der Waals surface area (Å²) in [5.74, 6) is 1.09. The standard InChI is InChI=1S/C26H29F3N8O3/c1-25(2,3)40-24(39)35-8-7-34(14-19(38)15-35)22-5-4-6-23(33-22)37-21-9-20(30-10-17(21)11-32-37)18-12-31-36(13-18)16-26(27,28)29/h4-6,9-13,19,38H,7-8,14-16H2,1-3H3. The minimum absolute atomic E-state index is 0.143. The minimum Gasteiger partial charge on any atom is -0.444 e. The third kappa shape index (κ3) is 6.33. The first-order valence-corrected chi connectivity index (χ1v) is 12.7. The second-order valence-corrected chi connectivity index (χ2v) is 10.6. The first kappa shape index (κ1) is 27.4. The Balaban J connectivity index is 1.38. The van der Waals surface area contributed by atoms with Crippen molar-refractivity contribution in [3.63, 3.8) is 0 Å². The van der Waals surface area contributed by atoms with Crippen LogP contribution in [0.5, 0.6) is 0 Å². The van der Waals surface area contributed by atoms with Gasteiger partial charge in [0.25, 0.3) is 0 Å². The van der Waals surface area contributed by atoms with E-state index in [0.717, 1.165) is 10.1 Å². The number of fused-ring (bicyclic) bond motifs is 1. The Bertz CT molecular complexity index is 1510. The first-order valence-electron chi connectivity index (χ1n) is 12.7. The molecule has 0 saturated carbocycles. The summed E-state index contributed by atoms with van der Waals surface area (Å²) >= 11 is 0. The third-order valence-electron chi connectivity index (χ3n) is 6.14. The Morgan fingerprint density at radius 2 is 1.85 bits per heavy atom. The van der Waals surface area contributed by atoms with Crippen LogP contribution in [-0.2, 0) is 11.3 Å². The van der Waals surface area contributed by atoms with E-state index in [4.69, 9.17) is 9.72 Å². The van der Waals surface area contributed by atoms with Crippen molar-refractivity contribution < 1.29 is 27.8 Å². The number of carbonyl (C=O) groups is 1. The van der Waals surface area contributed by atoms with Crippen LogP contribution >= 0.6 is 0 Å². The van der Waals surface area contributed by atoms with Crippen molar-refractivity contribution >= 4 is 22.8 Å². The van der Waals surface area contributed by atoms with Crippen LogP contribution in [0.25, 0.3) is 28.0 Å². The lowest BCUT2D eigenvalue weighted by Gasteiger charge is -2.27. The summed E-state index contributed by atoms with van der Waals surface area (Å²) < 4.78 is 46.2. The molecule has 1 aliphatic rings. The van der Waals surface area contributed by atoms with Crippen molar-refractivity contribution in [1.82, 2.24) is 34.4 Å².